The molecule has 0 fully saturated rings. The molecule has 2 aromatic rings. The molecule has 0 aliphatic heterocycles. The third-order valence-corrected chi connectivity index (χ3v) is 3.98. The molecule has 0 saturated carbocycles. The van der Waals surface area contributed by atoms with Crippen LogP contribution in [0, 0.1) is 5.92 Å². The van der Waals surface area contributed by atoms with Crippen LogP contribution in [0.25, 0.3) is 10.9 Å². The van der Waals surface area contributed by atoms with Gasteiger partial charge in [0.2, 0.25) is 0 Å². The number of fused-ring (bicyclic) bond motifs is 1. The molecule has 0 radical (unpaired) electrons. The van der Waals surface area contributed by atoms with E-state index in [0.29, 0.717) is 11.6 Å². The number of aromatic nitrogens is 1. The summed E-state index contributed by atoms with van der Waals surface area (Å²) in [4.78, 5) is 17.8. The van der Waals surface area contributed by atoms with Crippen molar-refractivity contribution in [3.63, 3.8) is 0 Å². The van der Waals surface area contributed by atoms with E-state index in [2.05, 4.69) is 17.2 Å². The fourth-order valence-electron chi connectivity index (χ4n) is 2.65. The fourth-order valence-corrected chi connectivity index (χ4v) is 2.65. The molecule has 1 heterocycles. The molecule has 4 heteroatoms. The van der Waals surface area contributed by atoms with E-state index in [1.165, 1.54) is 0 Å². The summed E-state index contributed by atoms with van der Waals surface area (Å²) in [6, 6.07) is 9.93. The van der Waals surface area contributed by atoms with Crippen LogP contribution in [-0.2, 0) is 0 Å². The highest BCUT2D eigenvalue weighted by Gasteiger charge is 2.19. The second kappa shape index (κ2) is 7.27. The standard InChI is InChI=1S/C17H25N3O/c1-4-13(11-18-3)12-20(5-2)17(21)16-10-14-8-6-7-9-15(14)19-16/h6-10,13,18-19H,4-5,11-12H2,1-3H3. The summed E-state index contributed by atoms with van der Waals surface area (Å²) in [7, 11) is 1.96. The summed E-state index contributed by atoms with van der Waals surface area (Å²) in [5.41, 5.74) is 1.69. The number of para-hydroxylation sites is 1. The van der Waals surface area contributed by atoms with E-state index in [1.807, 2.05) is 49.2 Å². The van der Waals surface area contributed by atoms with Crippen LogP contribution in [-0.4, -0.2) is 42.5 Å². The number of benzene rings is 1. The van der Waals surface area contributed by atoms with Gasteiger partial charge < -0.3 is 15.2 Å². The lowest BCUT2D eigenvalue weighted by atomic mass is 10.1. The van der Waals surface area contributed by atoms with Gasteiger partial charge in [-0.15, -0.1) is 0 Å². The number of amides is 1. The molecular weight excluding hydrogens is 262 g/mol. The monoisotopic (exact) mass is 287 g/mol. The normalized spacial score (nSPS) is 12.5. The number of rotatable bonds is 7. The maximum Gasteiger partial charge on any atom is 0.270 e. The van der Waals surface area contributed by atoms with Gasteiger partial charge in [-0.1, -0.05) is 31.5 Å². The average Bonchev–Trinajstić information content (AvgIpc) is 2.94. The molecule has 1 unspecified atom stereocenters. The van der Waals surface area contributed by atoms with Crippen LogP contribution in [0.3, 0.4) is 0 Å². The lowest BCUT2D eigenvalue weighted by Gasteiger charge is -2.25. The first kappa shape index (κ1) is 15.6. The Hall–Kier alpha value is -1.81. The first-order valence-corrected chi connectivity index (χ1v) is 7.71. The molecular formula is C17H25N3O. The largest absolute Gasteiger partial charge is 0.351 e. The molecule has 4 nitrogen and oxygen atoms in total. The van der Waals surface area contributed by atoms with E-state index in [0.717, 1.165) is 37.0 Å². The molecule has 114 valence electrons. The maximum atomic E-state index is 12.7. The van der Waals surface area contributed by atoms with Gasteiger partial charge in [0, 0.05) is 24.0 Å². The van der Waals surface area contributed by atoms with Gasteiger partial charge >= 0.3 is 0 Å². The number of H-pyrrole nitrogens is 1. The quantitative estimate of drug-likeness (QED) is 0.822. The van der Waals surface area contributed by atoms with Crippen LogP contribution >= 0.6 is 0 Å². The Bertz CT molecular complexity index is 557. The number of hydrogen-bond donors (Lipinski definition) is 2. The molecule has 2 N–H and O–H groups in total. The summed E-state index contributed by atoms with van der Waals surface area (Å²) in [6.45, 7) is 6.67. The van der Waals surface area contributed by atoms with Gasteiger partial charge in [0.1, 0.15) is 5.69 Å². The van der Waals surface area contributed by atoms with Crippen LogP contribution < -0.4 is 5.32 Å². The Balaban J connectivity index is 2.15. The predicted octanol–water partition coefficient (Wildman–Crippen LogP) is 2.88. The van der Waals surface area contributed by atoms with E-state index in [1.54, 1.807) is 0 Å². The first-order valence-electron chi connectivity index (χ1n) is 7.71. The topological polar surface area (TPSA) is 48.1 Å². The van der Waals surface area contributed by atoms with E-state index in [9.17, 15) is 4.79 Å². The minimum absolute atomic E-state index is 0.0863. The first-order chi connectivity index (χ1) is 10.2. The molecule has 2 rings (SSSR count). The fraction of sp³-hybridized carbons (Fsp3) is 0.471. The molecule has 0 aliphatic carbocycles. The maximum absolute atomic E-state index is 12.7. The van der Waals surface area contributed by atoms with E-state index < -0.39 is 0 Å². The number of aromatic amines is 1. The molecule has 0 aliphatic rings. The third kappa shape index (κ3) is 3.64. The van der Waals surface area contributed by atoms with Crippen molar-refractivity contribution in [2.45, 2.75) is 20.3 Å². The van der Waals surface area contributed by atoms with Gasteiger partial charge in [-0.2, -0.15) is 0 Å². The van der Waals surface area contributed by atoms with Crippen molar-refractivity contribution in [1.29, 1.82) is 0 Å². The molecule has 1 atom stereocenters. The molecule has 0 spiro atoms. The number of hydrogen-bond acceptors (Lipinski definition) is 2. The smallest absolute Gasteiger partial charge is 0.270 e. The van der Waals surface area contributed by atoms with Crippen molar-refractivity contribution in [2.24, 2.45) is 5.92 Å². The second-order valence-electron chi connectivity index (χ2n) is 5.45. The Morgan fingerprint density at radius 3 is 2.71 bits per heavy atom. The van der Waals surface area contributed by atoms with Crippen LogP contribution in [0.4, 0.5) is 0 Å². The van der Waals surface area contributed by atoms with Crippen LogP contribution in [0.2, 0.25) is 0 Å². The predicted molar refractivity (Wildman–Crippen MR) is 87.6 cm³/mol. The Labute approximate surface area is 126 Å². The van der Waals surface area contributed by atoms with Crippen molar-refractivity contribution in [3.8, 4) is 0 Å². The van der Waals surface area contributed by atoms with Gasteiger partial charge in [-0.05, 0) is 38.6 Å². The van der Waals surface area contributed by atoms with Gasteiger partial charge in [0.25, 0.3) is 5.91 Å². The van der Waals surface area contributed by atoms with Crippen molar-refractivity contribution in [1.82, 2.24) is 15.2 Å². The zero-order valence-electron chi connectivity index (χ0n) is 13.1. The summed E-state index contributed by atoms with van der Waals surface area (Å²) in [5, 5.41) is 4.29. The van der Waals surface area contributed by atoms with Gasteiger partial charge in [-0.3, -0.25) is 4.79 Å². The molecule has 21 heavy (non-hydrogen) atoms. The van der Waals surface area contributed by atoms with Crippen molar-refractivity contribution in [2.75, 3.05) is 26.7 Å². The number of carbonyl (C=O) groups is 1. The van der Waals surface area contributed by atoms with Gasteiger partial charge in [0.15, 0.2) is 0 Å². The summed E-state index contributed by atoms with van der Waals surface area (Å²) < 4.78 is 0. The minimum Gasteiger partial charge on any atom is -0.351 e. The zero-order chi connectivity index (χ0) is 15.2. The Morgan fingerprint density at radius 1 is 1.33 bits per heavy atom. The molecule has 1 aromatic heterocycles. The van der Waals surface area contributed by atoms with Crippen LogP contribution in [0.15, 0.2) is 30.3 Å². The lowest BCUT2D eigenvalue weighted by molar-refractivity contribution is 0.0731. The van der Waals surface area contributed by atoms with Crippen molar-refractivity contribution >= 4 is 16.8 Å². The van der Waals surface area contributed by atoms with E-state index >= 15 is 0 Å². The Morgan fingerprint density at radius 2 is 2.10 bits per heavy atom. The lowest BCUT2D eigenvalue weighted by Crippen LogP contribution is -2.38. The van der Waals surface area contributed by atoms with Gasteiger partial charge in [-0.25, -0.2) is 0 Å². The molecule has 0 bridgehead atoms. The summed E-state index contributed by atoms with van der Waals surface area (Å²) in [5.74, 6) is 0.575. The Kier molecular flexibility index (Phi) is 5.39. The van der Waals surface area contributed by atoms with Crippen molar-refractivity contribution in [3.05, 3.63) is 36.0 Å². The van der Waals surface area contributed by atoms with E-state index in [-0.39, 0.29) is 5.91 Å². The molecule has 1 aromatic carbocycles. The highest BCUT2D eigenvalue weighted by Crippen LogP contribution is 2.17. The number of nitrogens with one attached hydrogen (secondary N) is 2. The van der Waals surface area contributed by atoms with Crippen LogP contribution in [0.5, 0.6) is 0 Å². The molecule has 0 saturated heterocycles. The minimum atomic E-state index is 0.0863. The highest BCUT2D eigenvalue weighted by molar-refractivity contribution is 5.98. The second-order valence-corrected chi connectivity index (χ2v) is 5.45. The summed E-state index contributed by atoms with van der Waals surface area (Å²) in [6.07, 6.45) is 1.07. The van der Waals surface area contributed by atoms with Crippen molar-refractivity contribution < 1.29 is 4.79 Å². The zero-order valence-corrected chi connectivity index (χ0v) is 13.1. The number of carbonyl (C=O) groups excluding carboxylic acids is 1. The van der Waals surface area contributed by atoms with Gasteiger partial charge in [0.05, 0.1) is 0 Å². The SMILES string of the molecule is CCC(CNC)CN(CC)C(=O)c1cc2ccccc2[nH]1. The molecule has 1 amide bonds. The van der Waals surface area contributed by atoms with E-state index in [4.69, 9.17) is 0 Å². The average molecular weight is 287 g/mol. The third-order valence-electron chi connectivity index (χ3n) is 3.98. The highest BCUT2D eigenvalue weighted by atomic mass is 16.2. The summed E-state index contributed by atoms with van der Waals surface area (Å²) >= 11 is 0. The number of nitrogens with zero attached hydrogens (tertiary/aromatic N) is 1. The van der Waals surface area contributed by atoms with Crippen LogP contribution in [0.1, 0.15) is 30.8 Å².